The molecule has 1 heterocycles. The van der Waals surface area contributed by atoms with Crippen LogP contribution in [0, 0.1) is 5.92 Å². The van der Waals surface area contributed by atoms with E-state index >= 15 is 0 Å². The molecule has 0 radical (unpaired) electrons. The number of benzene rings is 3. The van der Waals surface area contributed by atoms with Gasteiger partial charge in [-0.05, 0) is 144 Å². The van der Waals surface area contributed by atoms with Crippen LogP contribution in [0.3, 0.4) is 0 Å². The monoisotopic (exact) mass is 665 g/mol. The third-order valence-corrected chi connectivity index (χ3v) is 12.5. The van der Waals surface area contributed by atoms with Crippen molar-refractivity contribution < 1.29 is 0 Å². The average Bonchev–Trinajstić information content (AvgIpc) is 3.88. The molecule has 50 heavy (non-hydrogen) atoms. The Balaban J connectivity index is 1.11. The zero-order valence-corrected chi connectivity index (χ0v) is 29.7. The average molecular weight is 666 g/mol. The lowest BCUT2D eigenvalue weighted by molar-refractivity contribution is 0.944. The lowest BCUT2D eigenvalue weighted by Crippen LogP contribution is -2.18. The summed E-state index contributed by atoms with van der Waals surface area (Å²) in [5, 5.41) is 0. The van der Waals surface area contributed by atoms with E-state index < -0.39 is 0 Å². The van der Waals surface area contributed by atoms with Crippen LogP contribution < -0.4 is 4.90 Å². The van der Waals surface area contributed by atoms with E-state index in [1.807, 2.05) is 0 Å². The Morgan fingerprint density at radius 3 is 2.34 bits per heavy atom. The van der Waals surface area contributed by atoms with Gasteiger partial charge in [0.05, 0.1) is 0 Å². The normalized spacial score (nSPS) is 21.5. The molecule has 2 atom stereocenters. The summed E-state index contributed by atoms with van der Waals surface area (Å²) >= 11 is 2.07. The van der Waals surface area contributed by atoms with Gasteiger partial charge in [-0.3, -0.25) is 0 Å². The molecule has 1 aromatic heterocycles. The van der Waals surface area contributed by atoms with Gasteiger partial charge >= 0.3 is 0 Å². The smallest absolute Gasteiger partial charge is 0.0496 e. The van der Waals surface area contributed by atoms with Crippen LogP contribution in [-0.4, -0.2) is 0 Å². The van der Waals surface area contributed by atoms with E-state index in [-0.39, 0.29) is 0 Å². The van der Waals surface area contributed by atoms with Crippen LogP contribution in [0.2, 0.25) is 0 Å². The molecule has 0 bridgehead atoms. The summed E-state index contributed by atoms with van der Waals surface area (Å²) in [4.78, 5) is 5.60. The minimum absolute atomic E-state index is 0.760. The Kier molecular flexibility index (Phi) is 8.13. The third kappa shape index (κ3) is 5.66. The molecule has 0 saturated heterocycles. The zero-order chi connectivity index (χ0) is 33.6. The Labute approximate surface area is 301 Å². The lowest BCUT2D eigenvalue weighted by atomic mass is 9.89. The SMILES string of the molecule is C=C1C=CCC/C1=C(/C=C\C)N(c1ccc(C2=CC=C(c3ccccc3)CC2)cc1)c1cccc(C2=CCCc3c2sc2c3C=C[C@@H]3CC23)c1. The largest absolute Gasteiger partial charge is 0.310 e. The molecule has 1 fully saturated rings. The number of thiophene rings is 1. The number of allylic oxidation sites excluding steroid dienone is 12. The number of anilines is 2. The van der Waals surface area contributed by atoms with Crippen LogP contribution in [0.5, 0.6) is 0 Å². The number of hydrogen-bond acceptors (Lipinski definition) is 2. The van der Waals surface area contributed by atoms with Gasteiger partial charge in [0, 0.05) is 32.7 Å². The fourth-order valence-corrected chi connectivity index (χ4v) is 9.97. The molecule has 9 rings (SSSR count). The topological polar surface area (TPSA) is 3.24 Å². The fourth-order valence-electron chi connectivity index (χ4n) is 8.38. The minimum Gasteiger partial charge on any atom is -0.310 e. The first-order chi connectivity index (χ1) is 24.7. The molecule has 0 aliphatic heterocycles. The maximum absolute atomic E-state index is 4.50. The standard InChI is InChI=1S/C48H43NS/c1-3-11-46(41-17-8-7-12-32(41)2)49(39-27-24-36(25-28-39)35-22-20-34(21-23-35)33-13-5-4-6-14-33)40-16-9-15-37(30-40)42-18-10-19-43-44-29-26-38-31-45(38)48(44)50-47(42)43/h3-7,9,11-16,18,20,22,24-30,38,45H,2,8,10,17,19,21,23,31H2,1H3/b11-3-,46-41+/t38-,45?/m1/s1. The second-order valence-electron chi connectivity index (χ2n) is 14.2. The molecule has 5 aliphatic carbocycles. The van der Waals surface area contributed by atoms with E-state index in [1.54, 1.807) is 10.4 Å². The Morgan fingerprint density at radius 2 is 1.58 bits per heavy atom. The van der Waals surface area contributed by atoms with Gasteiger partial charge in [0.15, 0.2) is 0 Å². The highest BCUT2D eigenvalue weighted by atomic mass is 32.1. The predicted octanol–water partition coefficient (Wildman–Crippen LogP) is 13.4. The number of hydrogen-bond donors (Lipinski definition) is 0. The van der Waals surface area contributed by atoms with E-state index in [9.17, 15) is 0 Å². The Hall–Kier alpha value is -4.92. The Morgan fingerprint density at radius 1 is 0.800 bits per heavy atom. The van der Waals surface area contributed by atoms with Crippen molar-refractivity contribution in [3.05, 3.63) is 188 Å². The van der Waals surface area contributed by atoms with Gasteiger partial charge in [-0.2, -0.15) is 0 Å². The van der Waals surface area contributed by atoms with Crippen molar-refractivity contribution in [2.45, 2.75) is 57.8 Å². The summed E-state index contributed by atoms with van der Waals surface area (Å²) in [5.74, 6) is 1.54. The molecule has 3 aromatic carbocycles. The molecule has 1 unspecified atom stereocenters. The van der Waals surface area contributed by atoms with Crippen molar-refractivity contribution >= 4 is 45.5 Å². The van der Waals surface area contributed by atoms with Crippen LogP contribution in [0.25, 0.3) is 22.8 Å². The third-order valence-electron chi connectivity index (χ3n) is 11.1. The van der Waals surface area contributed by atoms with Gasteiger partial charge in [-0.15, -0.1) is 11.3 Å². The van der Waals surface area contributed by atoms with Gasteiger partial charge in [0.25, 0.3) is 0 Å². The second-order valence-corrected chi connectivity index (χ2v) is 15.3. The van der Waals surface area contributed by atoms with Crippen molar-refractivity contribution in [1.29, 1.82) is 0 Å². The quantitative estimate of drug-likeness (QED) is 0.190. The highest BCUT2D eigenvalue weighted by Gasteiger charge is 2.42. The first kappa shape index (κ1) is 31.1. The maximum Gasteiger partial charge on any atom is 0.0496 e. The van der Waals surface area contributed by atoms with Gasteiger partial charge < -0.3 is 4.90 Å². The van der Waals surface area contributed by atoms with Crippen LogP contribution >= 0.6 is 11.3 Å². The number of rotatable bonds is 7. The second kappa shape index (κ2) is 13.1. The first-order valence-corrected chi connectivity index (χ1v) is 19.2. The first-order valence-electron chi connectivity index (χ1n) is 18.4. The van der Waals surface area contributed by atoms with E-state index in [0.29, 0.717) is 0 Å². The van der Waals surface area contributed by atoms with Gasteiger partial charge in [0.1, 0.15) is 0 Å². The van der Waals surface area contributed by atoms with Crippen molar-refractivity contribution in [2.75, 3.05) is 4.90 Å². The summed E-state index contributed by atoms with van der Waals surface area (Å²) in [6, 6.07) is 29.3. The molecule has 1 nitrogen and oxygen atoms in total. The minimum atomic E-state index is 0.760. The Bertz CT molecular complexity index is 2210. The maximum atomic E-state index is 4.50. The molecule has 5 aliphatic rings. The fraction of sp³-hybridized carbons (Fsp3) is 0.208. The van der Waals surface area contributed by atoms with Crippen molar-refractivity contribution in [1.82, 2.24) is 0 Å². The van der Waals surface area contributed by atoms with Crippen LogP contribution in [0.4, 0.5) is 11.4 Å². The molecule has 0 spiro atoms. The molecule has 4 aromatic rings. The van der Waals surface area contributed by atoms with E-state index in [1.165, 1.54) is 72.9 Å². The number of fused-ring (bicyclic) bond motifs is 5. The molecule has 246 valence electrons. The highest BCUT2D eigenvalue weighted by Crippen LogP contribution is 2.58. The van der Waals surface area contributed by atoms with Crippen molar-refractivity contribution in [2.24, 2.45) is 5.92 Å². The van der Waals surface area contributed by atoms with Crippen LogP contribution in [-0.2, 0) is 6.42 Å². The van der Waals surface area contributed by atoms with Gasteiger partial charge in [-0.1, -0.05) is 110 Å². The molecule has 0 N–H and O–H groups in total. The van der Waals surface area contributed by atoms with Gasteiger partial charge in [-0.25, -0.2) is 0 Å². The van der Waals surface area contributed by atoms with Crippen LogP contribution in [0.1, 0.15) is 88.9 Å². The molecular weight excluding hydrogens is 623 g/mol. The summed E-state index contributed by atoms with van der Waals surface area (Å²) in [5.41, 5.74) is 17.2. The molecular formula is C48H43NS. The highest BCUT2D eigenvalue weighted by molar-refractivity contribution is 7.13. The summed E-state index contributed by atoms with van der Waals surface area (Å²) < 4.78 is 0. The predicted molar refractivity (Wildman–Crippen MR) is 216 cm³/mol. The summed E-state index contributed by atoms with van der Waals surface area (Å²) in [7, 11) is 0. The summed E-state index contributed by atoms with van der Waals surface area (Å²) in [6.07, 6.45) is 28.6. The number of nitrogens with zero attached hydrogens (tertiary/aromatic N) is 1. The van der Waals surface area contributed by atoms with Crippen molar-refractivity contribution in [3.63, 3.8) is 0 Å². The van der Waals surface area contributed by atoms with Crippen LogP contribution in [0.15, 0.2) is 151 Å². The van der Waals surface area contributed by atoms with Crippen molar-refractivity contribution in [3.8, 4) is 0 Å². The lowest BCUT2D eigenvalue weighted by Gasteiger charge is -2.31. The molecule has 1 saturated carbocycles. The van der Waals surface area contributed by atoms with Gasteiger partial charge in [0.2, 0.25) is 0 Å². The molecule has 2 heteroatoms. The summed E-state index contributed by atoms with van der Waals surface area (Å²) in [6.45, 7) is 6.62. The van der Waals surface area contributed by atoms with E-state index in [0.717, 1.165) is 55.9 Å². The van der Waals surface area contributed by atoms with E-state index in [4.69, 9.17) is 0 Å². The molecule has 0 amide bonds. The zero-order valence-electron chi connectivity index (χ0n) is 28.9. The van der Waals surface area contributed by atoms with E-state index in [2.05, 4.69) is 163 Å².